The van der Waals surface area contributed by atoms with Gasteiger partial charge in [-0.2, -0.15) is 0 Å². The fourth-order valence-electron chi connectivity index (χ4n) is 2.07. The van der Waals surface area contributed by atoms with Gasteiger partial charge in [0, 0.05) is 6.42 Å². The van der Waals surface area contributed by atoms with Crippen LogP contribution in [-0.4, -0.2) is 11.8 Å². The maximum atomic E-state index is 9.75. The molecule has 1 aromatic carbocycles. The van der Waals surface area contributed by atoms with Crippen molar-refractivity contribution in [3.8, 4) is 5.69 Å². The highest BCUT2D eigenvalue weighted by Gasteiger charge is 2.20. The smallest absolute Gasteiger partial charge is 0.418 e. The molecule has 0 spiro atoms. The van der Waals surface area contributed by atoms with Crippen LogP contribution in [0.2, 0.25) is 0 Å². The van der Waals surface area contributed by atoms with Crippen LogP contribution in [0, 0.1) is 0 Å². The third-order valence-corrected chi connectivity index (χ3v) is 2.81. The molecule has 1 aliphatic heterocycles. The summed E-state index contributed by atoms with van der Waals surface area (Å²) in [4.78, 5) is 0. The lowest BCUT2D eigenvalue weighted by Gasteiger charge is -1.94. The first-order valence-corrected chi connectivity index (χ1v) is 5.96. The summed E-state index contributed by atoms with van der Waals surface area (Å²) < 4.78 is 43.5. The minimum absolute atomic E-state index is 1.18. The molecule has 0 fully saturated rings. The predicted octanol–water partition coefficient (Wildman–Crippen LogP) is 3.01. The van der Waals surface area contributed by atoms with E-state index in [9.17, 15) is 17.3 Å². The van der Waals surface area contributed by atoms with Crippen molar-refractivity contribution in [1.29, 1.82) is 0 Å². The first kappa shape index (κ1) is 13.6. The van der Waals surface area contributed by atoms with Gasteiger partial charge in [0.2, 0.25) is 6.33 Å². The van der Waals surface area contributed by atoms with Crippen LogP contribution in [0.4, 0.5) is 17.3 Å². The summed E-state index contributed by atoms with van der Waals surface area (Å²) in [6.45, 7) is 1.18. The van der Waals surface area contributed by atoms with Crippen LogP contribution < -0.4 is 4.57 Å². The minimum Gasteiger partial charge on any atom is -0.418 e. The van der Waals surface area contributed by atoms with Gasteiger partial charge in [-0.05, 0) is 18.6 Å². The van der Waals surface area contributed by atoms with Crippen LogP contribution >= 0.6 is 0 Å². The first-order chi connectivity index (χ1) is 8.93. The minimum atomic E-state index is -6.00. The van der Waals surface area contributed by atoms with E-state index in [1.54, 1.807) is 0 Å². The van der Waals surface area contributed by atoms with Gasteiger partial charge in [0.15, 0.2) is 0 Å². The highest BCUT2D eigenvalue weighted by Crippen LogP contribution is 2.12. The number of benzene rings is 1. The number of hydrogen-bond acceptors (Lipinski definition) is 0. The Balaban J connectivity index is 0.000000232. The summed E-state index contributed by atoms with van der Waals surface area (Å²) >= 11 is 0. The number of imidazole rings is 1. The first-order valence-electron chi connectivity index (χ1n) is 5.96. The quantitative estimate of drug-likeness (QED) is 0.428. The molecule has 0 saturated heterocycles. The second-order valence-corrected chi connectivity index (χ2v) is 4.27. The van der Waals surface area contributed by atoms with Gasteiger partial charge in [0.05, 0.1) is 6.54 Å². The lowest BCUT2D eigenvalue weighted by Crippen LogP contribution is -2.27. The van der Waals surface area contributed by atoms with E-state index in [0.29, 0.717) is 0 Å². The molecule has 7 heteroatoms. The summed E-state index contributed by atoms with van der Waals surface area (Å²) in [5, 5.41) is 0. The van der Waals surface area contributed by atoms with Crippen LogP contribution in [-0.2, 0) is 13.0 Å². The van der Waals surface area contributed by atoms with Gasteiger partial charge >= 0.3 is 7.25 Å². The maximum Gasteiger partial charge on any atom is 0.673 e. The molecule has 1 aromatic heterocycles. The lowest BCUT2D eigenvalue weighted by atomic mass is 10.3. The summed E-state index contributed by atoms with van der Waals surface area (Å²) in [7, 11) is -6.00. The van der Waals surface area contributed by atoms with Gasteiger partial charge in [-0.15, -0.1) is 0 Å². The number of rotatable bonds is 1. The van der Waals surface area contributed by atoms with E-state index in [4.69, 9.17) is 0 Å². The maximum absolute atomic E-state index is 9.75. The second kappa shape index (κ2) is 5.46. The Morgan fingerprint density at radius 3 is 2.26 bits per heavy atom. The molecule has 2 nitrogen and oxygen atoms in total. The molecule has 0 amide bonds. The Labute approximate surface area is 108 Å². The highest BCUT2D eigenvalue weighted by atomic mass is 19.5. The Kier molecular flexibility index (Phi) is 3.92. The number of aryl methyl sites for hydroxylation is 2. The third-order valence-electron chi connectivity index (χ3n) is 2.81. The zero-order valence-electron chi connectivity index (χ0n) is 10.1. The van der Waals surface area contributed by atoms with Gasteiger partial charge in [-0.3, -0.25) is 0 Å². The molecular formula is C12H13BF4N2. The Hall–Kier alpha value is -1.79. The summed E-state index contributed by atoms with van der Waals surface area (Å²) in [5.41, 5.74) is 2.70. The molecule has 1 aliphatic rings. The fraction of sp³-hybridized carbons (Fsp3) is 0.250. The number of nitrogens with zero attached hydrogens (tertiary/aromatic N) is 2. The number of para-hydroxylation sites is 1. The van der Waals surface area contributed by atoms with Crippen molar-refractivity contribution in [3.05, 3.63) is 48.5 Å². The largest absolute Gasteiger partial charge is 0.673 e. The van der Waals surface area contributed by atoms with Crippen molar-refractivity contribution in [1.82, 2.24) is 4.57 Å². The molecule has 0 N–H and O–H groups in total. The zero-order chi connectivity index (χ0) is 13.9. The van der Waals surface area contributed by atoms with Gasteiger partial charge in [0.25, 0.3) is 0 Å². The molecule has 0 aliphatic carbocycles. The van der Waals surface area contributed by atoms with Gasteiger partial charge in [0.1, 0.15) is 17.6 Å². The average Bonchev–Trinajstić information content (AvgIpc) is 2.87. The van der Waals surface area contributed by atoms with E-state index < -0.39 is 7.25 Å². The Morgan fingerprint density at radius 1 is 1.05 bits per heavy atom. The van der Waals surface area contributed by atoms with Gasteiger partial charge in [-0.1, -0.05) is 18.2 Å². The van der Waals surface area contributed by atoms with Crippen LogP contribution in [0.1, 0.15) is 12.1 Å². The predicted molar refractivity (Wildman–Crippen MR) is 64.5 cm³/mol. The molecule has 102 valence electrons. The van der Waals surface area contributed by atoms with E-state index in [1.807, 2.05) is 6.07 Å². The standard InChI is InChI=1S/C12H13N2.BF4/c1-2-5-11(6-3-1)14-9-12-7-4-8-13(12)10-14;2-1(3,4)5/h1-3,5-6,9-10H,4,7-8H2;/q+1;-1. The zero-order valence-corrected chi connectivity index (χ0v) is 10.1. The summed E-state index contributed by atoms with van der Waals surface area (Å²) in [6.07, 6.45) is 6.95. The number of halogens is 4. The van der Waals surface area contributed by atoms with Crippen molar-refractivity contribution < 1.29 is 21.8 Å². The molecule has 19 heavy (non-hydrogen) atoms. The van der Waals surface area contributed by atoms with Crippen LogP contribution in [0.5, 0.6) is 0 Å². The summed E-state index contributed by atoms with van der Waals surface area (Å²) in [5.74, 6) is 0. The van der Waals surface area contributed by atoms with Gasteiger partial charge < -0.3 is 17.3 Å². The van der Waals surface area contributed by atoms with Crippen molar-refractivity contribution in [2.24, 2.45) is 0 Å². The third kappa shape index (κ3) is 4.12. The second-order valence-electron chi connectivity index (χ2n) is 4.27. The Morgan fingerprint density at radius 2 is 1.68 bits per heavy atom. The SMILES string of the molecule is F[B-](F)(F)F.c1ccc(-[n+]2cc3n(c2)CCC3)cc1. The number of fused-ring (bicyclic) bond motifs is 1. The molecule has 3 rings (SSSR count). The van der Waals surface area contributed by atoms with Crippen molar-refractivity contribution in [3.63, 3.8) is 0 Å². The molecule has 0 radical (unpaired) electrons. The van der Waals surface area contributed by atoms with E-state index in [2.05, 4.69) is 45.9 Å². The molecule has 2 aromatic rings. The molecular weight excluding hydrogens is 259 g/mol. The lowest BCUT2D eigenvalue weighted by molar-refractivity contribution is -0.595. The summed E-state index contributed by atoms with van der Waals surface area (Å²) in [6, 6.07) is 10.5. The molecule has 0 saturated carbocycles. The van der Waals surface area contributed by atoms with E-state index in [-0.39, 0.29) is 0 Å². The number of hydrogen-bond donors (Lipinski definition) is 0. The van der Waals surface area contributed by atoms with E-state index in [1.165, 1.54) is 30.8 Å². The molecule has 2 heterocycles. The van der Waals surface area contributed by atoms with Crippen molar-refractivity contribution in [2.75, 3.05) is 0 Å². The molecule has 0 bridgehead atoms. The Bertz CT molecular complexity index is 509. The van der Waals surface area contributed by atoms with Crippen molar-refractivity contribution in [2.45, 2.75) is 19.4 Å². The molecule has 0 unspecified atom stereocenters. The monoisotopic (exact) mass is 272 g/mol. The van der Waals surface area contributed by atoms with Crippen LogP contribution in [0.25, 0.3) is 5.69 Å². The van der Waals surface area contributed by atoms with E-state index >= 15 is 0 Å². The fourth-order valence-corrected chi connectivity index (χ4v) is 2.07. The number of aromatic nitrogens is 2. The van der Waals surface area contributed by atoms with Crippen LogP contribution in [0.15, 0.2) is 42.9 Å². The van der Waals surface area contributed by atoms with E-state index in [0.717, 1.165) is 0 Å². The topological polar surface area (TPSA) is 8.81 Å². The van der Waals surface area contributed by atoms with Crippen LogP contribution in [0.3, 0.4) is 0 Å². The van der Waals surface area contributed by atoms with Gasteiger partial charge in [-0.25, -0.2) is 9.13 Å². The van der Waals surface area contributed by atoms with Crippen molar-refractivity contribution >= 4 is 7.25 Å². The normalized spacial score (nSPS) is 13.7. The average molecular weight is 272 g/mol. The highest BCUT2D eigenvalue weighted by molar-refractivity contribution is 6.50. The molecule has 0 atom stereocenters.